The fourth-order valence-corrected chi connectivity index (χ4v) is 3.43. The van der Waals surface area contributed by atoms with Gasteiger partial charge in [-0.2, -0.15) is 13.2 Å². The number of benzene rings is 2. The number of alkyl halides is 3. The van der Waals surface area contributed by atoms with Gasteiger partial charge in [0, 0.05) is 17.7 Å². The maximum absolute atomic E-state index is 12.5. The van der Waals surface area contributed by atoms with E-state index < -0.39 is 22.1 Å². The quantitative estimate of drug-likeness (QED) is 0.485. The van der Waals surface area contributed by atoms with E-state index in [9.17, 15) is 21.6 Å². The summed E-state index contributed by atoms with van der Waals surface area (Å²) in [5, 5.41) is 0. The Morgan fingerprint density at radius 2 is 1.74 bits per heavy atom. The van der Waals surface area contributed by atoms with Gasteiger partial charge in [0.1, 0.15) is 5.82 Å². The minimum absolute atomic E-state index is 0.388. The summed E-state index contributed by atoms with van der Waals surface area (Å²) in [7, 11) is -5.39. The molecule has 3 aromatic rings. The van der Waals surface area contributed by atoms with Gasteiger partial charge in [0.2, 0.25) is 0 Å². The lowest BCUT2D eigenvalue weighted by atomic mass is 10.0. The van der Waals surface area contributed by atoms with Crippen molar-refractivity contribution < 1.29 is 21.6 Å². The van der Waals surface area contributed by atoms with Gasteiger partial charge in [-0.3, -0.25) is 0 Å². The second-order valence-electron chi connectivity index (χ2n) is 6.73. The minimum Gasteiger partial charge on any atom is -0.337 e. The number of aromatic amines is 1. The average Bonchev–Trinajstić information content (AvgIpc) is 3.18. The highest BCUT2D eigenvalue weighted by Gasteiger charge is 2.45. The summed E-state index contributed by atoms with van der Waals surface area (Å²) in [6, 6.07) is 16.1. The van der Waals surface area contributed by atoms with Crippen LogP contribution in [0, 0.1) is 0 Å². The zero-order valence-corrected chi connectivity index (χ0v) is 17.4. The van der Waals surface area contributed by atoms with Crippen LogP contribution in [0.3, 0.4) is 0 Å². The van der Waals surface area contributed by atoms with Crippen LogP contribution in [-0.4, -0.2) is 23.9 Å². The van der Waals surface area contributed by atoms with E-state index in [1.165, 1.54) is 0 Å². The standard InChI is InChI=1S/C22H20F3N3O2S/c1-3-7-15(2)19-20(28-21(27-19)18-8-5-4-6-9-18)17-12-10-16(11-13-17)14-26-31(29,30)22(23,24)25/h3-13,26H,1,14H2,2H3,(H,27,28)/b15-7+. The Kier molecular flexibility index (Phi) is 6.47. The predicted octanol–water partition coefficient (Wildman–Crippen LogP) is 5.27. The maximum Gasteiger partial charge on any atom is 0.511 e. The zero-order chi connectivity index (χ0) is 22.6. The van der Waals surface area contributed by atoms with E-state index in [1.807, 2.05) is 43.3 Å². The molecule has 0 aliphatic carbocycles. The number of hydrogen-bond acceptors (Lipinski definition) is 3. The molecule has 0 aliphatic rings. The number of nitrogens with one attached hydrogen (secondary N) is 2. The molecule has 0 fully saturated rings. The summed E-state index contributed by atoms with van der Waals surface area (Å²) < 4.78 is 61.3. The Morgan fingerprint density at radius 1 is 1.10 bits per heavy atom. The highest BCUT2D eigenvalue weighted by molar-refractivity contribution is 7.90. The summed E-state index contributed by atoms with van der Waals surface area (Å²) in [5.41, 5.74) is -0.977. The average molecular weight is 447 g/mol. The first-order valence-corrected chi connectivity index (χ1v) is 10.7. The topological polar surface area (TPSA) is 74.8 Å². The molecule has 0 unspecified atom stereocenters. The van der Waals surface area contributed by atoms with Crippen LogP contribution in [0.25, 0.3) is 28.2 Å². The van der Waals surface area contributed by atoms with E-state index >= 15 is 0 Å². The van der Waals surface area contributed by atoms with E-state index in [4.69, 9.17) is 4.98 Å². The second-order valence-corrected chi connectivity index (χ2v) is 8.49. The zero-order valence-electron chi connectivity index (χ0n) is 16.6. The van der Waals surface area contributed by atoms with Crippen molar-refractivity contribution in [2.45, 2.75) is 19.0 Å². The summed E-state index contributed by atoms with van der Waals surface area (Å²) in [6.07, 6.45) is 3.49. The molecule has 1 heterocycles. The summed E-state index contributed by atoms with van der Waals surface area (Å²) in [6.45, 7) is 5.14. The number of nitrogens with zero attached hydrogens (tertiary/aromatic N) is 1. The third-order valence-electron chi connectivity index (χ3n) is 4.51. The molecule has 2 aromatic carbocycles. The van der Waals surface area contributed by atoms with Gasteiger partial charge >= 0.3 is 15.5 Å². The van der Waals surface area contributed by atoms with Crippen LogP contribution < -0.4 is 4.72 Å². The first kappa shape index (κ1) is 22.5. The first-order chi connectivity index (χ1) is 14.6. The van der Waals surface area contributed by atoms with E-state index in [0.717, 1.165) is 22.4 Å². The van der Waals surface area contributed by atoms with Gasteiger partial charge < -0.3 is 4.98 Å². The molecule has 0 saturated carbocycles. The number of imidazole rings is 1. The lowest BCUT2D eigenvalue weighted by molar-refractivity contribution is -0.0448. The van der Waals surface area contributed by atoms with Crippen molar-refractivity contribution in [2.24, 2.45) is 0 Å². The Hall–Kier alpha value is -3.17. The van der Waals surface area contributed by atoms with Crippen molar-refractivity contribution in [1.82, 2.24) is 14.7 Å². The summed E-state index contributed by atoms with van der Waals surface area (Å²) in [5.74, 6) is 0.671. The third kappa shape index (κ3) is 5.12. The molecule has 0 saturated heterocycles. The molecule has 5 nitrogen and oxygen atoms in total. The molecule has 0 aliphatic heterocycles. The number of aromatic nitrogens is 2. The van der Waals surface area contributed by atoms with E-state index in [1.54, 1.807) is 35.1 Å². The van der Waals surface area contributed by atoms with Crippen molar-refractivity contribution in [1.29, 1.82) is 0 Å². The molecule has 3 rings (SSSR count). The highest BCUT2D eigenvalue weighted by Crippen LogP contribution is 2.30. The SMILES string of the molecule is C=C/C=C(\C)c1nc(-c2ccccc2)[nH]c1-c1ccc(CNS(=O)(=O)C(F)(F)F)cc1. The fourth-order valence-electron chi connectivity index (χ4n) is 2.91. The lowest BCUT2D eigenvalue weighted by Crippen LogP contribution is -2.35. The third-order valence-corrected chi connectivity index (χ3v) is 5.64. The van der Waals surface area contributed by atoms with E-state index in [0.29, 0.717) is 17.1 Å². The number of rotatable bonds is 7. The van der Waals surface area contributed by atoms with Gasteiger partial charge in [-0.05, 0) is 18.1 Å². The van der Waals surface area contributed by atoms with Gasteiger partial charge in [-0.15, -0.1) is 0 Å². The van der Waals surface area contributed by atoms with Gasteiger partial charge in [-0.25, -0.2) is 18.1 Å². The van der Waals surface area contributed by atoms with Crippen LogP contribution in [-0.2, 0) is 16.6 Å². The second kappa shape index (κ2) is 8.91. The van der Waals surface area contributed by atoms with Crippen LogP contribution in [0.1, 0.15) is 18.2 Å². The first-order valence-electron chi connectivity index (χ1n) is 9.23. The molecule has 2 N–H and O–H groups in total. The largest absolute Gasteiger partial charge is 0.511 e. The Labute approximate surface area is 178 Å². The van der Waals surface area contributed by atoms with Crippen LogP contribution in [0.5, 0.6) is 0 Å². The van der Waals surface area contributed by atoms with Crippen molar-refractivity contribution in [3.63, 3.8) is 0 Å². The number of hydrogen-bond donors (Lipinski definition) is 2. The van der Waals surface area contributed by atoms with Crippen molar-refractivity contribution in [2.75, 3.05) is 0 Å². The van der Waals surface area contributed by atoms with Gasteiger partial charge in [-0.1, -0.05) is 73.3 Å². The molecule has 0 amide bonds. The fraction of sp³-hybridized carbons (Fsp3) is 0.136. The molecule has 9 heteroatoms. The molecule has 0 atom stereocenters. The molecular weight excluding hydrogens is 427 g/mol. The molecule has 1 aromatic heterocycles. The van der Waals surface area contributed by atoms with Crippen molar-refractivity contribution in [3.05, 3.63) is 84.6 Å². The van der Waals surface area contributed by atoms with E-state index in [-0.39, 0.29) is 0 Å². The number of H-pyrrole nitrogens is 1. The van der Waals surface area contributed by atoms with E-state index in [2.05, 4.69) is 11.6 Å². The van der Waals surface area contributed by atoms with Gasteiger partial charge in [0.15, 0.2) is 0 Å². The molecule has 31 heavy (non-hydrogen) atoms. The minimum atomic E-state index is -5.39. The van der Waals surface area contributed by atoms with Crippen LogP contribution >= 0.6 is 0 Å². The van der Waals surface area contributed by atoms with Gasteiger partial charge in [0.25, 0.3) is 0 Å². The molecular formula is C22H20F3N3O2S. The predicted molar refractivity (Wildman–Crippen MR) is 115 cm³/mol. The Morgan fingerprint density at radius 3 is 2.32 bits per heavy atom. The smallest absolute Gasteiger partial charge is 0.337 e. The molecule has 0 bridgehead atoms. The summed E-state index contributed by atoms with van der Waals surface area (Å²) >= 11 is 0. The number of allylic oxidation sites excluding steroid dienone is 3. The number of sulfonamides is 1. The number of halogens is 3. The van der Waals surface area contributed by atoms with Crippen LogP contribution in [0.2, 0.25) is 0 Å². The molecule has 0 radical (unpaired) electrons. The lowest BCUT2D eigenvalue weighted by Gasteiger charge is -2.10. The Balaban J connectivity index is 1.92. The van der Waals surface area contributed by atoms with Crippen molar-refractivity contribution in [3.8, 4) is 22.6 Å². The van der Waals surface area contributed by atoms with Crippen LogP contribution in [0.4, 0.5) is 13.2 Å². The highest BCUT2D eigenvalue weighted by atomic mass is 32.2. The molecule has 0 spiro atoms. The normalized spacial score (nSPS) is 12.7. The van der Waals surface area contributed by atoms with Crippen LogP contribution in [0.15, 0.2) is 73.3 Å². The maximum atomic E-state index is 12.5. The molecule has 162 valence electrons. The monoisotopic (exact) mass is 447 g/mol. The van der Waals surface area contributed by atoms with Crippen molar-refractivity contribution >= 4 is 15.6 Å². The van der Waals surface area contributed by atoms with Gasteiger partial charge in [0.05, 0.1) is 11.4 Å². The Bertz CT molecular complexity index is 1200. The summed E-state index contributed by atoms with van der Waals surface area (Å²) in [4.78, 5) is 8.01.